The normalized spacial score (nSPS) is 11.8. The molecule has 0 aliphatic heterocycles. The van der Waals surface area contributed by atoms with Crippen LogP contribution in [0.5, 0.6) is 0 Å². The van der Waals surface area contributed by atoms with Crippen LogP contribution >= 0.6 is 0 Å². The fourth-order valence-electron chi connectivity index (χ4n) is 5.09. The lowest BCUT2D eigenvalue weighted by Gasteiger charge is -2.18. The quantitative estimate of drug-likeness (QED) is 0.0436. The zero-order chi connectivity index (χ0) is 30.9. The van der Waals surface area contributed by atoms with Crippen molar-refractivity contribution >= 4 is 17.9 Å². The van der Waals surface area contributed by atoms with Crippen molar-refractivity contribution in [1.82, 2.24) is 0 Å². The Morgan fingerprint density at radius 1 is 0.381 bits per heavy atom. The molecule has 0 aliphatic carbocycles. The average molecular weight is 597 g/mol. The van der Waals surface area contributed by atoms with Gasteiger partial charge in [-0.1, -0.05) is 156 Å². The molecule has 1 atom stereocenters. The molecule has 0 fully saturated rings. The molecular formula is C36H68O6. The van der Waals surface area contributed by atoms with E-state index in [1.807, 2.05) is 0 Å². The highest BCUT2D eigenvalue weighted by molar-refractivity contribution is 5.71. The third-order valence-corrected chi connectivity index (χ3v) is 7.86. The molecule has 0 saturated heterocycles. The lowest BCUT2D eigenvalue weighted by Crippen LogP contribution is -2.30. The van der Waals surface area contributed by atoms with Crippen LogP contribution in [0.25, 0.3) is 0 Å². The van der Waals surface area contributed by atoms with Gasteiger partial charge in [0.1, 0.15) is 13.2 Å². The maximum Gasteiger partial charge on any atom is 0.306 e. The van der Waals surface area contributed by atoms with Crippen molar-refractivity contribution in [2.24, 2.45) is 0 Å². The first-order valence-electron chi connectivity index (χ1n) is 18.0. The summed E-state index contributed by atoms with van der Waals surface area (Å²) in [6.07, 6.45) is 28.3. The lowest BCUT2D eigenvalue weighted by atomic mass is 10.1. The van der Waals surface area contributed by atoms with Gasteiger partial charge in [-0.05, 0) is 19.3 Å². The summed E-state index contributed by atoms with van der Waals surface area (Å²) < 4.78 is 16.4. The van der Waals surface area contributed by atoms with E-state index in [4.69, 9.17) is 14.2 Å². The molecule has 0 aromatic carbocycles. The summed E-state index contributed by atoms with van der Waals surface area (Å²) in [5, 5.41) is 0. The van der Waals surface area contributed by atoms with E-state index in [9.17, 15) is 14.4 Å². The Balaban J connectivity index is 4.30. The molecule has 0 saturated carbocycles. The van der Waals surface area contributed by atoms with Gasteiger partial charge in [0.2, 0.25) is 0 Å². The second kappa shape index (κ2) is 32.3. The van der Waals surface area contributed by atoms with Crippen LogP contribution in [0, 0.1) is 0 Å². The minimum atomic E-state index is -0.753. The van der Waals surface area contributed by atoms with E-state index in [0.29, 0.717) is 19.3 Å². The predicted octanol–water partition coefficient (Wildman–Crippen LogP) is 10.6. The first-order valence-corrected chi connectivity index (χ1v) is 18.0. The fourth-order valence-corrected chi connectivity index (χ4v) is 5.09. The molecule has 0 radical (unpaired) electrons. The van der Waals surface area contributed by atoms with E-state index < -0.39 is 6.10 Å². The number of hydrogen-bond donors (Lipinski definition) is 0. The Morgan fingerprint density at radius 2 is 0.643 bits per heavy atom. The van der Waals surface area contributed by atoms with Crippen LogP contribution in [0.15, 0.2) is 0 Å². The van der Waals surface area contributed by atoms with Crippen molar-refractivity contribution in [2.45, 2.75) is 200 Å². The lowest BCUT2D eigenvalue weighted by molar-refractivity contribution is -0.167. The van der Waals surface area contributed by atoms with E-state index >= 15 is 0 Å². The van der Waals surface area contributed by atoms with Gasteiger partial charge in [-0.25, -0.2) is 0 Å². The SMILES string of the molecule is CCCCCCCCCCCCC(=O)OCC(COC(=O)CCCCCCC)OC(=O)CCCCCCCCCCC. The second-order valence-corrected chi connectivity index (χ2v) is 12.2. The number of unbranched alkanes of at least 4 members (excludes halogenated alkanes) is 21. The summed E-state index contributed by atoms with van der Waals surface area (Å²) in [6, 6.07) is 0. The molecule has 0 aromatic rings. The molecule has 248 valence electrons. The highest BCUT2D eigenvalue weighted by Gasteiger charge is 2.19. The van der Waals surface area contributed by atoms with Crippen molar-refractivity contribution in [3.8, 4) is 0 Å². The van der Waals surface area contributed by atoms with Crippen LogP contribution < -0.4 is 0 Å². The van der Waals surface area contributed by atoms with Gasteiger partial charge in [-0.3, -0.25) is 14.4 Å². The van der Waals surface area contributed by atoms with Gasteiger partial charge in [0.25, 0.3) is 0 Å². The van der Waals surface area contributed by atoms with Crippen LogP contribution in [0.4, 0.5) is 0 Å². The Hall–Kier alpha value is -1.59. The Labute approximate surface area is 259 Å². The van der Waals surface area contributed by atoms with Gasteiger partial charge in [-0.2, -0.15) is 0 Å². The molecular weight excluding hydrogens is 528 g/mol. The number of carbonyl (C=O) groups is 3. The Morgan fingerprint density at radius 3 is 0.952 bits per heavy atom. The number of hydrogen-bond acceptors (Lipinski definition) is 6. The third kappa shape index (κ3) is 29.9. The minimum Gasteiger partial charge on any atom is -0.462 e. The third-order valence-electron chi connectivity index (χ3n) is 7.86. The highest BCUT2D eigenvalue weighted by Crippen LogP contribution is 2.13. The molecule has 0 amide bonds. The van der Waals surface area contributed by atoms with Crippen LogP contribution in [0.1, 0.15) is 194 Å². The Kier molecular flexibility index (Phi) is 31.1. The molecule has 0 spiro atoms. The average Bonchev–Trinajstić information content (AvgIpc) is 2.98. The molecule has 6 heteroatoms. The first-order chi connectivity index (χ1) is 20.5. The van der Waals surface area contributed by atoms with Crippen LogP contribution in [-0.4, -0.2) is 37.2 Å². The largest absolute Gasteiger partial charge is 0.462 e. The van der Waals surface area contributed by atoms with Crippen molar-refractivity contribution in [3.63, 3.8) is 0 Å². The zero-order valence-electron chi connectivity index (χ0n) is 28.0. The van der Waals surface area contributed by atoms with E-state index in [0.717, 1.165) is 64.2 Å². The van der Waals surface area contributed by atoms with Crippen molar-refractivity contribution in [1.29, 1.82) is 0 Å². The summed E-state index contributed by atoms with van der Waals surface area (Å²) in [5.41, 5.74) is 0. The van der Waals surface area contributed by atoms with E-state index in [1.165, 1.54) is 89.9 Å². The van der Waals surface area contributed by atoms with Crippen LogP contribution in [0.2, 0.25) is 0 Å². The zero-order valence-corrected chi connectivity index (χ0v) is 28.0. The molecule has 0 N–H and O–H groups in total. The molecule has 0 aromatic heterocycles. The Bertz CT molecular complexity index is 620. The molecule has 0 heterocycles. The van der Waals surface area contributed by atoms with Crippen molar-refractivity contribution < 1.29 is 28.6 Å². The summed E-state index contributed by atoms with van der Waals surface area (Å²) in [4.78, 5) is 37.0. The second-order valence-electron chi connectivity index (χ2n) is 12.2. The summed E-state index contributed by atoms with van der Waals surface area (Å²) in [5.74, 6) is -0.885. The summed E-state index contributed by atoms with van der Waals surface area (Å²) in [7, 11) is 0. The highest BCUT2D eigenvalue weighted by atomic mass is 16.6. The van der Waals surface area contributed by atoms with E-state index in [1.54, 1.807) is 0 Å². The predicted molar refractivity (Wildman–Crippen MR) is 173 cm³/mol. The first kappa shape index (κ1) is 40.4. The van der Waals surface area contributed by atoms with Crippen molar-refractivity contribution in [2.75, 3.05) is 13.2 Å². The van der Waals surface area contributed by atoms with Gasteiger partial charge in [0, 0.05) is 19.3 Å². The van der Waals surface area contributed by atoms with Crippen LogP contribution in [0.3, 0.4) is 0 Å². The van der Waals surface area contributed by atoms with Crippen molar-refractivity contribution in [3.05, 3.63) is 0 Å². The van der Waals surface area contributed by atoms with E-state index in [-0.39, 0.29) is 31.1 Å². The van der Waals surface area contributed by atoms with Crippen LogP contribution in [-0.2, 0) is 28.6 Å². The number of esters is 3. The standard InChI is InChI=1S/C36H68O6/c1-4-7-10-13-15-17-19-20-23-26-29-35(38)41-32-33(31-40-34(37)28-25-22-12-9-6-3)42-36(39)30-27-24-21-18-16-14-11-8-5-2/h33H,4-32H2,1-3H3. The maximum atomic E-state index is 12.5. The topological polar surface area (TPSA) is 78.9 Å². The molecule has 1 unspecified atom stereocenters. The van der Waals surface area contributed by atoms with Gasteiger partial charge < -0.3 is 14.2 Å². The van der Waals surface area contributed by atoms with Gasteiger partial charge in [-0.15, -0.1) is 0 Å². The van der Waals surface area contributed by atoms with Gasteiger partial charge in [0.05, 0.1) is 0 Å². The number of rotatable bonds is 32. The molecule has 0 bridgehead atoms. The molecule has 42 heavy (non-hydrogen) atoms. The minimum absolute atomic E-state index is 0.0656. The maximum absolute atomic E-state index is 12.5. The molecule has 0 rings (SSSR count). The smallest absolute Gasteiger partial charge is 0.306 e. The fraction of sp³-hybridized carbons (Fsp3) is 0.917. The number of ether oxygens (including phenoxy) is 3. The van der Waals surface area contributed by atoms with Gasteiger partial charge >= 0.3 is 17.9 Å². The monoisotopic (exact) mass is 597 g/mol. The summed E-state index contributed by atoms with van der Waals surface area (Å²) in [6.45, 7) is 6.50. The molecule has 0 aliphatic rings. The van der Waals surface area contributed by atoms with Gasteiger partial charge in [0.15, 0.2) is 6.10 Å². The summed E-state index contributed by atoms with van der Waals surface area (Å²) >= 11 is 0. The molecule has 6 nitrogen and oxygen atoms in total. The number of carbonyl (C=O) groups excluding carboxylic acids is 3. The van der Waals surface area contributed by atoms with E-state index in [2.05, 4.69) is 20.8 Å².